The van der Waals surface area contributed by atoms with Gasteiger partial charge < -0.3 is 14.8 Å². The summed E-state index contributed by atoms with van der Waals surface area (Å²) >= 11 is 0. The van der Waals surface area contributed by atoms with Gasteiger partial charge in [0.25, 0.3) is 5.91 Å². The van der Waals surface area contributed by atoms with Crippen molar-refractivity contribution < 1.29 is 14.3 Å². The predicted molar refractivity (Wildman–Crippen MR) is 112 cm³/mol. The normalized spacial score (nSPS) is 16.8. The predicted octanol–water partition coefficient (Wildman–Crippen LogP) is 3.46. The zero-order chi connectivity index (χ0) is 20.4. The highest BCUT2D eigenvalue weighted by atomic mass is 16.5. The molecule has 1 aromatic carbocycles. The number of anilines is 1. The Balaban J connectivity index is 0.00000176. The molecule has 0 spiro atoms. The number of ether oxygens (including phenoxy) is 2. The third-order valence-corrected chi connectivity index (χ3v) is 3.56. The fourth-order valence-electron chi connectivity index (χ4n) is 2.31. The van der Waals surface area contributed by atoms with Crippen molar-refractivity contribution in [2.24, 2.45) is 10.1 Å². The molecule has 7 heteroatoms. The third-order valence-electron chi connectivity index (χ3n) is 3.56. The monoisotopic (exact) mass is 374 g/mol. The number of hydrazone groups is 1. The van der Waals surface area contributed by atoms with Crippen LogP contribution >= 0.6 is 0 Å². The summed E-state index contributed by atoms with van der Waals surface area (Å²) in [5.41, 5.74) is 1.04. The number of benzene rings is 1. The Labute approximate surface area is 161 Å². The Morgan fingerprint density at radius 2 is 2.11 bits per heavy atom. The van der Waals surface area contributed by atoms with E-state index in [9.17, 15) is 4.79 Å². The molecule has 2 rings (SSSR count). The van der Waals surface area contributed by atoms with Gasteiger partial charge in [0.05, 0.1) is 13.7 Å². The van der Waals surface area contributed by atoms with Crippen molar-refractivity contribution in [2.75, 3.05) is 25.2 Å². The lowest BCUT2D eigenvalue weighted by atomic mass is 10.1. The zero-order valence-corrected chi connectivity index (χ0v) is 17.1. The molecule has 0 aromatic heterocycles. The van der Waals surface area contributed by atoms with Crippen molar-refractivity contribution in [3.63, 3.8) is 0 Å². The van der Waals surface area contributed by atoms with Crippen LogP contribution in [0.4, 0.5) is 5.69 Å². The van der Waals surface area contributed by atoms with Crippen LogP contribution < -0.4 is 15.1 Å². The number of methoxy groups -OCH3 is 1. The van der Waals surface area contributed by atoms with Crippen molar-refractivity contribution in [1.29, 1.82) is 0 Å². The molecule has 1 saturated heterocycles. The van der Waals surface area contributed by atoms with E-state index in [1.807, 2.05) is 46.8 Å². The summed E-state index contributed by atoms with van der Waals surface area (Å²) in [5.74, 6) is 0.629. The number of rotatable bonds is 6. The average Bonchev–Trinajstić information content (AvgIpc) is 2.67. The number of aliphatic imine (C=N–C) groups is 1. The van der Waals surface area contributed by atoms with Crippen molar-refractivity contribution >= 4 is 30.7 Å². The van der Waals surface area contributed by atoms with E-state index in [0.717, 1.165) is 5.56 Å². The molecule has 148 valence electrons. The maximum atomic E-state index is 12.0. The van der Waals surface area contributed by atoms with Crippen LogP contribution in [0.5, 0.6) is 5.75 Å². The molecule has 1 aliphatic rings. The summed E-state index contributed by atoms with van der Waals surface area (Å²) in [5, 5.41) is 8.29. The minimum atomic E-state index is -0.441. The smallest absolute Gasteiger partial charge is 0.286 e. The third kappa shape index (κ3) is 6.13. The Bertz CT molecular complexity index is 711. The molecule has 0 radical (unpaired) electrons. The van der Waals surface area contributed by atoms with Gasteiger partial charge in [0.1, 0.15) is 23.4 Å². The number of carbonyl (C=O) groups is 1. The van der Waals surface area contributed by atoms with Crippen LogP contribution in [-0.2, 0) is 9.53 Å². The number of hydrogen-bond acceptors (Lipinski definition) is 5. The Kier molecular flexibility index (Phi) is 8.51. The largest absolute Gasteiger partial charge is 0.494 e. The van der Waals surface area contributed by atoms with Gasteiger partial charge in [-0.3, -0.25) is 9.79 Å². The number of hydrogen-bond donors (Lipinski definition) is 1. The highest BCUT2D eigenvalue weighted by Gasteiger charge is 2.30. The number of morpholine rings is 1. The molecule has 0 unspecified atom stereocenters. The fourth-order valence-corrected chi connectivity index (χ4v) is 2.31. The van der Waals surface area contributed by atoms with Crippen molar-refractivity contribution in [2.45, 2.75) is 40.2 Å². The van der Waals surface area contributed by atoms with E-state index in [4.69, 9.17) is 9.47 Å². The molecule has 1 fully saturated rings. The lowest BCUT2D eigenvalue weighted by Crippen LogP contribution is -2.47. The molecule has 1 aromatic rings. The molecule has 1 amide bonds. The first kappa shape index (κ1) is 22.2. The first-order valence-corrected chi connectivity index (χ1v) is 9.03. The van der Waals surface area contributed by atoms with Gasteiger partial charge in [-0.25, -0.2) is 5.01 Å². The number of nitrogens with one attached hydrogen (secondary N) is 1. The summed E-state index contributed by atoms with van der Waals surface area (Å²) < 4.78 is 11.2. The second-order valence-corrected chi connectivity index (χ2v) is 6.08. The highest BCUT2D eigenvalue weighted by molar-refractivity contribution is 5.96. The number of amides is 1. The Morgan fingerprint density at radius 3 is 2.70 bits per heavy atom. The van der Waals surface area contributed by atoms with Crippen LogP contribution in [0.25, 0.3) is 6.08 Å². The lowest BCUT2D eigenvalue weighted by molar-refractivity contribution is -0.129. The van der Waals surface area contributed by atoms with Crippen LogP contribution in [0.15, 0.2) is 34.1 Å². The van der Waals surface area contributed by atoms with E-state index in [-0.39, 0.29) is 11.7 Å². The van der Waals surface area contributed by atoms with Gasteiger partial charge in [-0.15, -0.1) is 0 Å². The highest BCUT2D eigenvalue weighted by Crippen LogP contribution is 2.30. The molecule has 7 nitrogen and oxygen atoms in total. The van der Waals surface area contributed by atoms with Crippen LogP contribution in [0.1, 0.15) is 40.2 Å². The van der Waals surface area contributed by atoms with Crippen molar-refractivity contribution in [3.8, 4) is 5.75 Å². The molecule has 0 bridgehead atoms. The molecule has 0 atom stereocenters. The Hall–Kier alpha value is -2.83. The minimum absolute atomic E-state index is 0.230. The second kappa shape index (κ2) is 10.4. The molecule has 27 heavy (non-hydrogen) atoms. The number of nitrogens with zero attached hydrogens (tertiary/aromatic N) is 3. The molecular formula is C20H30N4O3. The summed E-state index contributed by atoms with van der Waals surface area (Å²) in [4.78, 5) is 16.2. The fraction of sp³-hybridized carbons (Fsp3) is 0.450. The van der Waals surface area contributed by atoms with Gasteiger partial charge in [-0.05, 0) is 44.5 Å². The topological polar surface area (TPSA) is 75.5 Å². The van der Waals surface area contributed by atoms with Gasteiger partial charge in [0, 0.05) is 13.3 Å². The summed E-state index contributed by atoms with van der Waals surface area (Å²) in [6, 6.07) is 5.48. The summed E-state index contributed by atoms with van der Waals surface area (Å²) in [6.45, 7) is 14.4. The maximum absolute atomic E-state index is 12.0. The molecule has 1 N–H and O–H groups in total. The van der Waals surface area contributed by atoms with Crippen LogP contribution in [-0.4, -0.2) is 44.8 Å². The van der Waals surface area contributed by atoms with Crippen LogP contribution in [0.2, 0.25) is 0 Å². The minimum Gasteiger partial charge on any atom is -0.494 e. The maximum Gasteiger partial charge on any atom is 0.286 e. The van der Waals surface area contributed by atoms with Crippen molar-refractivity contribution in [1.82, 2.24) is 5.32 Å². The van der Waals surface area contributed by atoms with Crippen LogP contribution in [0, 0.1) is 0 Å². The lowest BCUT2D eigenvalue weighted by Gasteiger charge is -2.32. The molecule has 1 heterocycles. The second-order valence-electron chi connectivity index (χ2n) is 6.08. The molecule has 0 saturated carbocycles. The van der Waals surface area contributed by atoms with Gasteiger partial charge in [-0.2, -0.15) is 5.10 Å². The van der Waals surface area contributed by atoms with Gasteiger partial charge in [0.2, 0.25) is 0 Å². The van der Waals surface area contributed by atoms with Crippen LogP contribution in [0.3, 0.4) is 0 Å². The molecule has 1 aliphatic heterocycles. The average molecular weight is 374 g/mol. The molecule has 0 aliphatic carbocycles. The quantitative estimate of drug-likeness (QED) is 0.358. The van der Waals surface area contributed by atoms with E-state index in [0.29, 0.717) is 24.5 Å². The summed E-state index contributed by atoms with van der Waals surface area (Å²) in [6.07, 6.45) is 3.28. The Morgan fingerprint density at radius 1 is 1.41 bits per heavy atom. The van der Waals surface area contributed by atoms with E-state index in [1.165, 1.54) is 5.01 Å². The SMILES string of the molecule is C=NN(C=NCC)c1ccc(/C=C2\OC(C)(C)CNC2=O)cc1OC.CC. The van der Waals surface area contributed by atoms with E-state index in [1.54, 1.807) is 25.6 Å². The first-order valence-electron chi connectivity index (χ1n) is 9.03. The van der Waals surface area contributed by atoms with E-state index < -0.39 is 5.60 Å². The number of carbonyl (C=O) groups excluding carboxylic acids is 1. The molecular weight excluding hydrogens is 344 g/mol. The first-order chi connectivity index (χ1) is 12.9. The van der Waals surface area contributed by atoms with E-state index >= 15 is 0 Å². The van der Waals surface area contributed by atoms with E-state index in [2.05, 4.69) is 22.1 Å². The summed E-state index contributed by atoms with van der Waals surface area (Å²) in [7, 11) is 1.57. The standard InChI is InChI=1S/C18H24N4O3.C2H6/c1-6-20-12-22(19-4)14-8-7-13(9-15(14)24-5)10-16-17(23)21-11-18(2,3)25-16;1-2/h7-10,12H,4,6,11H2,1-3,5H3,(H,21,23);1-2H3/b16-10-,20-12?;. The zero-order valence-electron chi connectivity index (χ0n) is 17.1. The van der Waals surface area contributed by atoms with Gasteiger partial charge in [-0.1, -0.05) is 19.9 Å². The van der Waals surface area contributed by atoms with Gasteiger partial charge >= 0.3 is 0 Å². The van der Waals surface area contributed by atoms with Gasteiger partial charge in [0.15, 0.2) is 5.76 Å². The van der Waals surface area contributed by atoms with Crippen molar-refractivity contribution in [3.05, 3.63) is 29.5 Å².